The fraction of sp³-hybridized carbons (Fsp3) is 0.308. The molecule has 6 heteroatoms. The topological polar surface area (TPSA) is 70.2 Å². The molecule has 0 N–H and O–H groups in total. The Morgan fingerprint density at radius 1 is 1.42 bits per heavy atom. The summed E-state index contributed by atoms with van der Waals surface area (Å²) in [5, 5.41) is 10.9. The molecule has 0 atom stereocenters. The first kappa shape index (κ1) is 13.1. The molecule has 2 rings (SSSR count). The molecule has 0 aliphatic heterocycles. The normalized spacial score (nSPS) is 10.4. The van der Waals surface area contributed by atoms with E-state index in [4.69, 9.17) is 4.74 Å². The van der Waals surface area contributed by atoms with Crippen molar-refractivity contribution >= 4 is 5.69 Å². The number of nitrogens with zero attached hydrogens (tertiary/aromatic N) is 3. The monoisotopic (exact) mass is 261 g/mol. The van der Waals surface area contributed by atoms with Crippen molar-refractivity contribution in [2.24, 2.45) is 0 Å². The molecule has 0 radical (unpaired) electrons. The van der Waals surface area contributed by atoms with Gasteiger partial charge in [0.1, 0.15) is 5.82 Å². The number of rotatable bonds is 5. The lowest BCUT2D eigenvalue weighted by Crippen LogP contribution is -2.02. The summed E-state index contributed by atoms with van der Waals surface area (Å²) in [5.74, 6) is 1.18. The molecule has 0 fully saturated rings. The molecule has 0 bridgehead atoms. The summed E-state index contributed by atoms with van der Waals surface area (Å²) < 4.78 is 7.23. The second-order valence-electron chi connectivity index (χ2n) is 3.91. The van der Waals surface area contributed by atoms with Crippen LogP contribution in [0.4, 0.5) is 5.69 Å². The maximum absolute atomic E-state index is 10.9. The number of ether oxygens (including phenoxy) is 1. The summed E-state index contributed by atoms with van der Waals surface area (Å²) in [4.78, 5) is 14.7. The van der Waals surface area contributed by atoms with Crippen LogP contribution in [0.3, 0.4) is 0 Å². The van der Waals surface area contributed by atoms with Crippen molar-refractivity contribution < 1.29 is 9.66 Å². The zero-order valence-corrected chi connectivity index (χ0v) is 10.9. The van der Waals surface area contributed by atoms with Gasteiger partial charge in [-0.05, 0) is 13.0 Å². The van der Waals surface area contributed by atoms with E-state index in [2.05, 4.69) is 4.98 Å². The van der Waals surface area contributed by atoms with Crippen molar-refractivity contribution in [3.05, 3.63) is 46.5 Å². The number of hydrogen-bond acceptors (Lipinski definition) is 4. The molecule has 0 unspecified atom stereocenters. The van der Waals surface area contributed by atoms with Crippen molar-refractivity contribution in [1.29, 1.82) is 0 Å². The van der Waals surface area contributed by atoms with Gasteiger partial charge in [-0.25, -0.2) is 4.98 Å². The van der Waals surface area contributed by atoms with Crippen molar-refractivity contribution in [1.82, 2.24) is 9.55 Å². The Kier molecular flexibility index (Phi) is 3.79. The molecule has 6 nitrogen and oxygen atoms in total. The molecular weight excluding hydrogens is 246 g/mol. The van der Waals surface area contributed by atoms with Crippen LogP contribution in [0, 0.1) is 10.1 Å². The SMILES string of the molecule is CCOc1cc(-n2ccnc2CC)ccc1[N+](=O)[O-]. The van der Waals surface area contributed by atoms with Crippen LogP contribution in [0.1, 0.15) is 19.7 Å². The molecule has 0 spiro atoms. The van der Waals surface area contributed by atoms with Crippen LogP contribution >= 0.6 is 0 Å². The van der Waals surface area contributed by atoms with Crippen LogP contribution in [0.15, 0.2) is 30.6 Å². The first-order valence-corrected chi connectivity index (χ1v) is 6.11. The van der Waals surface area contributed by atoms with Crippen LogP contribution < -0.4 is 4.74 Å². The van der Waals surface area contributed by atoms with Gasteiger partial charge in [-0.15, -0.1) is 0 Å². The highest BCUT2D eigenvalue weighted by Crippen LogP contribution is 2.29. The van der Waals surface area contributed by atoms with Gasteiger partial charge in [0.15, 0.2) is 5.75 Å². The largest absolute Gasteiger partial charge is 0.487 e. The van der Waals surface area contributed by atoms with E-state index in [1.165, 1.54) is 6.07 Å². The average Bonchev–Trinajstić information content (AvgIpc) is 2.87. The molecule has 0 aliphatic rings. The second-order valence-corrected chi connectivity index (χ2v) is 3.91. The van der Waals surface area contributed by atoms with Crippen LogP contribution in [-0.2, 0) is 6.42 Å². The average molecular weight is 261 g/mol. The van der Waals surface area contributed by atoms with E-state index in [1.54, 1.807) is 25.3 Å². The predicted molar refractivity (Wildman–Crippen MR) is 70.8 cm³/mol. The Balaban J connectivity index is 2.48. The summed E-state index contributed by atoms with van der Waals surface area (Å²) in [5.41, 5.74) is 0.784. The van der Waals surface area contributed by atoms with Crippen molar-refractivity contribution in [2.75, 3.05) is 6.61 Å². The summed E-state index contributed by atoms with van der Waals surface area (Å²) in [6.45, 7) is 4.19. The Labute approximate surface area is 110 Å². The number of nitro groups is 1. The van der Waals surface area contributed by atoms with Crippen LogP contribution in [-0.4, -0.2) is 21.1 Å². The third kappa shape index (κ3) is 2.57. The van der Waals surface area contributed by atoms with E-state index in [1.807, 2.05) is 17.7 Å². The van der Waals surface area contributed by atoms with Gasteiger partial charge in [0.2, 0.25) is 0 Å². The van der Waals surface area contributed by atoms with E-state index >= 15 is 0 Å². The third-order valence-electron chi connectivity index (χ3n) is 2.75. The molecule has 1 heterocycles. The highest BCUT2D eigenvalue weighted by molar-refractivity contribution is 5.53. The fourth-order valence-corrected chi connectivity index (χ4v) is 1.91. The molecule has 0 saturated carbocycles. The minimum absolute atomic E-state index is 0.0243. The van der Waals surface area contributed by atoms with Crippen molar-refractivity contribution in [3.8, 4) is 11.4 Å². The fourth-order valence-electron chi connectivity index (χ4n) is 1.91. The lowest BCUT2D eigenvalue weighted by Gasteiger charge is -2.09. The maximum atomic E-state index is 10.9. The molecule has 0 saturated heterocycles. The second kappa shape index (κ2) is 5.51. The third-order valence-corrected chi connectivity index (χ3v) is 2.75. The molecule has 100 valence electrons. The van der Waals surface area contributed by atoms with Gasteiger partial charge in [-0.2, -0.15) is 0 Å². The summed E-state index contributed by atoms with van der Waals surface area (Å²) in [6, 6.07) is 4.82. The number of aryl methyl sites for hydroxylation is 1. The predicted octanol–water partition coefficient (Wildman–Crippen LogP) is 2.74. The van der Waals surface area contributed by atoms with Crippen LogP contribution in [0.25, 0.3) is 5.69 Å². The minimum Gasteiger partial charge on any atom is -0.487 e. The van der Waals surface area contributed by atoms with Crippen LogP contribution in [0.5, 0.6) is 5.75 Å². The standard InChI is InChI=1S/C13H15N3O3/c1-3-13-14-7-8-15(13)10-5-6-11(16(17)18)12(9-10)19-4-2/h5-9H,3-4H2,1-2H3. The summed E-state index contributed by atoms with van der Waals surface area (Å²) in [6.07, 6.45) is 4.32. The Hall–Kier alpha value is -2.37. The Morgan fingerprint density at radius 2 is 2.21 bits per heavy atom. The lowest BCUT2D eigenvalue weighted by molar-refractivity contribution is -0.385. The highest BCUT2D eigenvalue weighted by Gasteiger charge is 2.16. The summed E-state index contributed by atoms with van der Waals surface area (Å²) >= 11 is 0. The van der Waals surface area contributed by atoms with Gasteiger partial charge < -0.3 is 9.30 Å². The number of nitro benzene ring substituents is 1. The van der Waals surface area contributed by atoms with Crippen molar-refractivity contribution in [2.45, 2.75) is 20.3 Å². The molecule has 0 amide bonds. The molecule has 2 aromatic rings. The number of hydrogen-bond donors (Lipinski definition) is 0. The smallest absolute Gasteiger partial charge is 0.311 e. The maximum Gasteiger partial charge on any atom is 0.311 e. The Morgan fingerprint density at radius 3 is 2.84 bits per heavy atom. The van der Waals surface area contributed by atoms with E-state index < -0.39 is 4.92 Å². The number of imidazole rings is 1. The molecule has 1 aromatic heterocycles. The van der Waals surface area contributed by atoms with Gasteiger partial charge in [0.25, 0.3) is 0 Å². The first-order valence-electron chi connectivity index (χ1n) is 6.11. The number of aromatic nitrogens is 2. The van der Waals surface area contributed by atoms with E-state index in [0.29, 0.717) is 6.61 Å². The van der Waals surface area contributed by atoms with Gasteiger partial charge in [0, 0.05) is 30.9 Å². The highest BCUT2D eigenvalue weighted by atomic mass is 16.6. The number of benzene rings is 1. The zero-order valence-electron chi connectivity index (χ0n) is 10.9. The van der Waals surface area contributed by atoms with E-state index in [9.17, 15) is 10.1 Å². The van der Waals surface area contributed by atoms with E-state index in [-0.39, 0.29) is 11.4 Å². The zero-order chi connectivity index (χ0) is 13.8. The molecule has 1 aromatic carbocycles. The molecular formula is C13H15N3O3. The first-order chi connectivity index (χ1) is 9.17. The van der Waals surface area contributed by atoms with Crippen LogP contribution in [0.2, 0.25) is 0 Å². The van der Waals surface area contributed by atoms with Gasteiger partial charge in [-0.1, -0.05) is 6.92 Å². The summed E-state index contributed by atoms with van der Waals surface area (Å²) in [7, 11) is 0. The Bertz CT molecular complexity index is 593. The van der Waals surface area contributed by atoms with E-state index in [0.717, 1.165) is 17.9 Å². The quantitative estimate of drug-likeness (QED) is 0.613. The molecule has 0 aliphatic carbocycles. The lowest BCUT2D eigenvalue weighted by atomic mass is 10.2. The minimum atomic E-state index is -0.441. The van der Waals surface area contributed by atoms with Crippen molar-refractivity contribution in [3.63, 3.8) is 0 Å². The van der Waals surface area contributed by atoms with Gasteiger partial charge in [-0.3, -0.25) is 10.1 Å². The van der Waals surface area contributed by atoms with Gasteiger partial charge in [0.05, 0.1) is 17.2 Å². The molecule has 19 heavy (non-hydrogen) atoms. The van der Waals surface area contributed by atoms with Gasteiger partial charge >= 0.3 is 5.69 Å².